The van der Waals surface area contributed by atoms with Crippen LogP contribution in [0.2, 0.25) is 5.02 Å². The van der Waals surface area contributed by atoms with Crippen molar-refractivity contribution >= 4 is 11.6 Å². The molecule has 2 aromatic rings. The molecule has 3 aliphatic rings. The summed E-state index contributed by atoms with van der Waals surface area (Å²) < 4.78 is 2.15. The van der Waals surface area contributed by atoms with Gasteiger partial charge in [0.1, 0.15) is 26.2 Å². The van der Waals surface area contributed by atoms with Crippen LogP contribution in [0.3, 0.4) is 0 Å². The van der Waals surface area contributed by atoms with Crippen LogP contribution in [0, 0.1) is 0 Å². The number of piperazine rings is 1. The molecule has 1 aliphatic heterocycles. The van der Waals surface area contributed by atoms with Crippen molar-refractivity contribution in [1.29, 1.82) is 0 Å². The van der Waals surface area contributed by atoms with E-state index in [2.05, 4.69) is 32.3 Å². The normalized spacial score (nSPS) is 27.4. The Labute approximate surface area is 184 Å². The molecular weight excluding hydrogens is 396 g/mol. The number of tetrazole rings is 1. The summed E-state index contributed by atoms with van der Waals surface area (Å²) in [5, 5.41) is 14.0. The highest BCUT2D eigenvalue weighted by atomic mass is 35.5. The number of hydrogen-bond donors (Lipinski definition) is 2. The van der Waals surface area contributed by atoms with Crippen molar-refractivity contribution in [1.82, 2.24) is 20.2 Å². The fraction of sp³-hybridized carbons (Fsp3) is 0.696. The van der Waals surface area contributed by atoms with Crippen LogP contribution in [-0.2, 0) is 0 Å². The SMILES string of the molecule is Clc1ccc([C@@H](c2nnnn2C2CCCC2)[NH+]2CC[NH+](C3CCCCC3)CC2)cc1. The zero-order valence-corrected chi connectivity index (χ0v) is 18.7. The van der Waals surface area contributed by atoms with Crippen molar-refractivity contribution in [2.24, 2.45) is 0 Å². The van der Waals surface area contributed by atoms with Gasteiger partial charge in [0.25, 0.3) is 0 Å². The lowest BCUT2D eigenvalue weighted by atomic mass is 9.93. The van der Waals surface area contributed by atoms with Gasteiger partial charge in [-0.1, -0.05) is 43.0 Å². The number of halogens is 1. The van der Waals surface area contributed by atoms with Crippen LogP contribution in [0.15, 0.2) is 24.3 Å². The van der Waals surface area contributed by atoms with E-state index >= 15 is 0 Å². The quantitative estimate of drug-likeness (QED) is 0.758. The van der Waals surface area contributed by atoms with E-state index in [9.17, 15) is 0 Å². The summed E-state index contributed by atoms with van der Waals surface area (Å²) in [5.41, 5.74) is 1.28. The van der Waals surface area contributed by atoms with Crippen LogP contribution in [0.1, 0.15) is 81.3 Å². The molecule has 162 valence electrons. The minimum atomic E-state index is 0.186. The maximum atomic E-state index is 6.21. The summed E-state index contributed by atoms with van der Waals surface area (Å²) in [6.07, 6.45) is 12.1. The number of nitrogens with zero attached hydrogens (tertiary/aromatic N) is 4. The van der Waals surface area contributed by atoms with Crippen LogP contribution >= 0.6 is 11.6 Å². The third kappa shape index (κ3) is 4.27. The first kappa shape index (κ1) is 20.4. The predicted molar refractivity (Wildman–Crippen MR) is 117 cm³/mol. The summed E-state index contributed by atoms with van der Waals surface area (Å²) in [4.78, 5) is 3.44. The lowest BCUT2D eigenvalue weighted by Crippen LogP contribution is -3.29. The highest BCUT2D eigenvalue weighted by molar-refractivity contribution is 6.30. The van der Waals surface area contributed by atoms with Gasteiger partial charge in [-0.3, -0.25) is 0 Å². The predicted octanol–water partition coefficient (Wildman–Crippen LogP) is 1.65. The van der Waals surface area contributed by atoms with E-state index in [0.29, 0.717) is 6.04 Å². The van der Waals surface area contributed by atoms with Crippen molar-refractivity contribution in [2.45, 2.75) is 75.9 Å². The molecule has 0 unspecified atom stereocenters. The van der Waals surface area contributed by atoms with Crippen molar-refractivity contribution in [3.63, 3.8) is 0 Å². The lowest BCUT2D eigenvalue weighted by Gasteiger charge is -2.38. The average Bonchev–Trinajstić information content (AvgIpc) is 3.48. The summed E-state index contributed by atoms with van der Waals surface area (Å²) >= 11 is 6.21. The third-order valence-corrected chi connectivity index (χ3v) is 8.03. The second-order valence-corrected chi connectivity index (χ2v) is 9.99. The van der Waals surface area contributed by atoms with Gasteiger partial charge in [0.15, 0.2) is 6.04 Å². The summed E-state index contributed by atoms with van der Waals surface area (Å²) in [5.74, 6) is 1.04. The Kier molecular flexibility index (Phi) is 6.34. The summed E-state index contributed by atoms with van der Waals surface area (Å²) in [6, 6.07) is 9.90. The number of nitrogens with one attached hydrogen (secondary N) is 2. The van der Waals surface area contributed by atoms with Crippen LogP contribution in [-0.4, -0.2) is 52.4 Å². The first-order valence-corrected chi connectivity index (χ1v) is 12.4. The third-order valence-electron chi connectivity index (χ3n) is 7.78. The molecule has 1 atom stereocenters. The van der Waals surface area contributed by atoms with Gasteiger partial charge in [-0.25, -0.2) is 4.68 Å². The molecule has 0 bridgehead atoms. The molecule has 2 heterocycles. The maximum absolute atomic E-state index is 6.21. The Morgan fingerprint density at radius 2 is 1.53 bits per heavy atom. The van der Waals surface area contributed by atoms with Gasteiger partial charge in [-0.15, -0.1) is 5.10 Å². The standard InChI is InChI=1S/C23H33ClN6/c24-19-12-10-18(11-13-19)22(23-25-26-27-30(23)21-8-4-5-9-21)29-16-14-28(15-17-29)20-6-2-1-3-7-20/h10-13,20-22H,1-9,14-17H2/p+2/t22-/m0/s1. The Morgan fingerprint density at radius 1 is 0.867 bits per heavy atom. The van der Waals surface area contributed by atoms with E-state index in [4.69, 9.17) is 11.6 Å². The zero-order valence-electron chi connectivity index (χ0n) is 17.9. The topological polar surface area (TPSA) is 52.5 Å². The van der Waals surface area contributed by atoms with E-state index in [1.807, 2.05) is 17.0 Å². The van der Waals surface area contributed by atoms with Crippen molar-refractivity contribution in [2.75, 3.05) is 26.2 Å². The molecular formula is C23H35ClN6+2. The minimum Gasteiger partial charge on any atom is -0.323 e. The molecule has 7 heteroatoms. The molecule has 2 saturated carbocycles. The summed E-state index contributed by atoms with van der Waals surface area (Å²) in [6.45, 7) is 4.87. The molecule has 6 nitrogen and oxygen atoms in total. The number of rotatable bonds is 5. The Hall–Kier alpha value is -1.50. The van der Waals surface area contributed by atoms with Gasteiger partial charge in [-0.05, 0) is 61.1 Å². The number of aromatic nitrogens is 4. The second-order valence-electron chi connectivity index (χ2n) is 9.56. The molecule has 30 heavy (non-hydrogen) atoms. The molecule has 0 spiro atoms. The molecule has 1 aromatic carbocycles. The van der Waals surface area contributed by atoms with Gasteiger partial charge < -0.3 is 9.80 Å². The van der Waals surface area contributed by atoms with E-state index in [1.54, 1.807) is 4.90 Å². The number of quaternary nitrogens is 2. The summed E-state index contributed by atoms with van der Waals surface area (Å²) in [7, 11) is 0. The molecule has 2 aliphatic carbocycles. The van der Waals surface area contributed by atoms with Gasteiger partial charge in [0.2, 0.25) is 5.82 Å². The number of hydrogen-bond acceptors (Lipinski definition) is 3. The average molecular weight is 431 g/mol. The second kappa shape index (κ2) is 9.33. The minimum absolute atomic E-state index is 0.186. The van der Waals surface area contributed by atoms with E-state index in [1.165, 1.54) is 89.5 Å². The van der Waals surface area contributed by atoms with E-state index in [-0.39, 0.29) is 6.04 Å². The van der Waals surface area contributed by atoms with Gasteiger partial charge in [-0.2, -0.15) is 0 Å². The molecule has 2 N–H and O–H groups in total. The molecule has 3 fully saturated rings. The Morgan fingerprint density at radius 3 is 2.23 bits per heavy atom. The molecule has 1 aromatic heterocycles. The monoisotopic (exact) mass is 430 g/mol. The van der Waals surface area contributed by atoms with Crippen LogP contribution in [0.25, 0.3) is 0 Å². The molecule has 5 rings (SSSR count). The van der Waals surface area contributed by atoms with E-state index < -0.39 is 0 Å². The van der Waals surface area contributed by atoms with Crippen molar-refractivity contribution < 1.29 is 9.80 Å². The fourth-order valence-electron chi connectivity index (χ4n) is 6.12. The van der Waals surface area contributed by atoms with Crippen LogP contribution < -0.4 is 9.80 Å². The first-order chi connectivity index (χ1) is 14.8. The van der Waals surface area contributed by atoms with Crippen LogP contribution in [0.5, 0.6) is 0 Å². The molecule has 1 saturated heterocycles. The highest BCUT2D eigenvalue weighted by Gasteiger charge is 2.38. The lowest BCUT2D eigenvalue weighted by molar-refractivity contribution is -1.03. The molecule has 0 amide bonds. The maximum Gasteiger partial charge on any atom is 0.214 e. The van der Waals surface area contributed by atoms with Crippen LogP contribution in [0.4, 0.5) is 0 Å². The van der Waals surface area contributed by atoms with Crippen molar-refractivity contribution in [3.05, 3.63) is 40.7 Å². The fourth-order valence-corrected chi connectivity index (χ4v) is 6.25. The van der Waals surface area contributed by atoms with Gasteiger partial charge >= 0.3 is 0 Å². The first-order valence-electron chi connectivity index (χ1n) is 12.0. The number of benzene rings is 1. The van der Waals surface area contributed by atoms with Gasteiger partial charge in [0.05, 0.1) is 12.1 Å². The smallest absolute Gasteiger partial charge is 0.214 e. The van der Waals surface area contributed by atoms with Crippen molar-refractivity contribution in [3.8, 4) is 0 Å². The Bertz CT molecular complexity index is 801. The Balaban J connectivity index is 1.39. The molecule has 0 radical (unpaired) electrons. The zero-order chi connectivity index (χ0) is 20.3. The highest BCUT2D eigenvalue weighted by Crippen LogP contribution is 2.31. The largest absolute Gasteiger partial charge is 0.323 e. The van der Waals surface area contributed by atoms with E-state index in [0.717, 1.165) is 16.9 Å². The van der Waals surface area contributed by atoms with Gasteiger partial charge in [0, 0.05) is 10.6 Å².